The van der Waals surface area contributed by atoms with Gasteiger partial charge in [0.1, 0.15) is 5.82 Å². The summed E-state index contributed by atoms with van der Waals surface area (Å²) in [6, 6.07) is 3.27. The van der Waals surface area contributed by atoms with Gasteiger partial charge in [0.2, 0.25) is 0 Å². The van der Waals surface area contributed by atoms with Crippen LogP contribution in [0.2, 0.25) is 0 Å². The van der Waals surface area contributed by atoms with Crippen LogP contribution < -0.4 is 5.73 Å². The maximum Gasteiger partial charge on any atom is 0.141 e. The van der Waals surface area contributed by atoms with Crippen LogP contribution >= 0.6 is 0 Å². The minimum absolute atomic E-state index is 0.109. The fourth-order valence-corrected chi connectivity index (χ4v) is 1.62. The van der Waals surface area contributed by atoms with Gasteiger partial charge in [-0.05, 0) is 25.0 Å². The van der Waals surface area contributed by atoms with E-state index in [1.807, 2.05) is 0 Å². The summed E-state index contributed by atoms with van der Waals surface area (Å²) < 4.78 is 12.6. The van der Waals surface area contributed by atoms with Crippen molar-refractivity contribution in [3.8, 4) is 0 Å². The van der Waals surface area contributed by atoms with Crippen LogP contribution in [0.5, 0.6) is 0 Å². The van der Waals surface area contributed by atoms with Crippen molar-refractivity contribution in [2.75, 3.05) is 0 Å². The van der Waals surface area contributed by atoms with E-state index in [2.05, 4.69) is 18.8 Å². The zero-order chi connectivity index (χ0) is 10.6. The molecule has 1 aromatic heterocycles. The molecular weight excluding hydrogens is 179 g/mol. The van der Waals surface area contributed by atoms with Crippen LogP contribution in [0.1, 0.15) is 38.3 Å². The van der Waals surface area contributed by atoms with Gasteiger partial charge in [-0.2, -0.15) is 0 Å². The first-order valence-electron chi connectivity index (χ1n) is 5.06. The second-order valence-corrected chi connectivity index (χ2v) is 3.49. The number of hydrogen-bond donors (Lipinski definition) is 1. The highest BCUT2D eigenvalue weighted by Crippen LogP contribution is 2.21. The maximum atomic E-state index is 12.6. The second kappa shape index (κ2) is 5.05. The van der Waals surface area contributed by atoms with Gasteiger partial charge in [-0.25, -0.2) is 4.39 Å². The van der Waals surface area contributed by atoms with Crippen molar-refractivity contribution >= 4 is 0 Å². The first-order valence-corrected chi connectivity index (χ1v) is 5.06. The molecule has 3 heteroatoms. The summed E-state index contributed by atoms with van der Waals surface area (Å²) in [6.07, 6.45) is 3.10. The molecule has 0 fully saturated rings. The van der Waals surface area contributed by atoms with Crippen LogP contribution in [-0.4, -0.2) is 11.0 Å². The van der Waals surface area contributed by atoms with E-state index in [9.17, 15) is 4.39 Å². The number of pyridine rings is 1. The largest absolute Gasteiger partial charge is 0.327 e. The van der Waals surface area contributed by atoms with Crippen LogP contribution in [0.25, 0.3) is 0 Å². The number of nitrogens with zero attached hydrogens (tertiary/aromatic N) is 1. The van der Waals surface area contributed by atoms with Crippen molar-refractivity contribution < 1.29 is 4.39 Å². The van der Waals surface area contributed by atoms with E-state index in [0.717, 1.165) is 18.5 Å². The molecule has 2 unspecified atom stereocenters. The molecule has 1 aromatic rings. The van der Waals surface area contributed by atoms with Crippen molar-refractivity contribution in [1.29, 1.82) is 0 Å². The average molecular weight is 196 g/mol. The zero-order valence-electron chi connectivity index (χ0n) is 8.70. The van der Waals surface area contributed by atoms with E-state index in [0.29, 0.717) is 0 Å². The molecular formula is C11H17FN2. The summed E-state index contributed by atoms with van der Waals surface area (Å²) >= 11 is 0. The molecule has 0 aliphatic heterocycles. The topological polar surface area (TPSA) is 38.9 Å². The van der Waals surface area contributed by atoms with Crippen LogP contribution in [0, 0.1) is 5.82 Å². The Hall–Kier alpha value is -0.960. The van der Waals surface area contributed by atoms with Crippen molar-refractivity contribution in [3.63, 3.8) is 0 Å². The third-order valence-electron chi connectivity index (χ3n) is 2.56. The fraction of sp³-hybridized carbons (Fsp3) is 0.545. The lowest BCUT2D eigenvalue weighted by Gasteiger charge is -2.20. The third kappa shape index (κ3) is 2.51. The summed E-state index contributed by atoms with van der Waals surface area (Å²) in [5.74, 6) is -0.0609. The van der Waals surface area contributed by atoms with E-state index < -0.39 is 0 Å². The van der Waals surface area contributed by atoms with Crippen LogP contribution in [0.15, 0.2) is 18.3 Å². The maximum absolute atomic E-state index is 12.6. The van der Waals surface area contributed by atoms with E-state index in [4.69, 9.17) is 5.73 Å². The standard InChI is InChI=1S/C11H17FN2/c1-3-9(10(13)4-2)11-6-5-8(12)7-14-11/h5-7,9-10H,3-4,13H2,1-2H3. The van der Waals surface area contributed by atoms with Gasteiger partial charge >= 0.3 is 0 Å². The fourth-order valence-electron chi connectivity index (χ4n) is 1.62. The smallest absolute Gasteiger partial charge is 0.141 e. The van der Waals surface area contributed by atoms with Gasteiger partial charge in [0.25, 0.3) is 0 Å². The highest BCUT2D eigenvalue weighted by molar-refractivity contribution is 5.12. The van der Waals surface area contributed by atoms with Crippen molar-refractivity contribution in [2.24, 2.45) is 5.73 Å². The third-order valence-corrected chi connectivity index (χ3v) is 2.56. The molecule has 78 valence electrons. The monoisotopic (exact) mass is 196 g/mol. The van der Waals surface area contributed by atoms with Gasteiger partial charge in [0, 0.05) is 17.7 Å². The first-order chi connectivity index (χ1) is 6.69. The summed E-state index contributed by atoms with van der Waals surface area (Å²) in [6.45, 7) is 4.13. The molecule has 2 atom stereocenters. The number of aromatic nitrogens is 1. The molecule has 14 heavy (non-hydrogen) atoms. The van der Waals surface area contributed by atoms with Crippen LogP contribution in [-0.2, 0) is 0 Å². The van der Waals surface area contributed by atoms with Crippen molar-refractivity contribution in [1.82, 2.24) is 4.98 Å². The zero-order valence-corrected chi connectivity index (χ0v) is 8.70. The first kappa shape index (κ1) is 11.1. The average Bonchev–Trinajstić information content (AvgIpc) is 2.21. The minimum Gasteiger partial charge on any atom is -0.327 e. The number of hydrogen-bond acceptors (Lipinski definition) is 2. The molecule has 2 N–H and O–H groups in total. The highest BCUT2D eigenvalue weighted by atomic mass is 19.1. The van der Waals surface area contributed by atoms with Gasteiger partial charge in [-0.3, -0.25) is 4.98 Å². The van der Waals surface area contributed by atoms with Gasteiger partial charge in [-0.15, -0.1) is 0 Å². The summed E-state index contributed by atoms with van der Waals surface area (Å²) in [5.41, 5.74) is 6.86. The van der Waals surface area contributed by atoms with Gasteiger partial charge < -0.3 is 5.73 Å². The molecule has 0 bridgehead atoms. The Morgan fingerprint density at radius 1 is 1.36 bits per heavy atom. The molecule has 1 rings (SSSR count). The SMILES string of the molecule is CCC(N)C(CC)c1ccc(F)cn1. The van der Waals surface area contributed by atoms with Gasteiger partial charge in [0.15, 0.2) is 0 Å². The van der Waals surface area contributed by atoms with E-state index >= 15 is 0 Å². The summed E-state index contributed by atoms with van der Waals surface area (Å²) in [4.78, 5) is 4.06. The van der Waals surface area contributed by atoms with Gasteiger partial charge in [0.05, 0.1) is 6.20 Å². The Balaban J connectivity index is 2.84. The molecule has 0 aliphatic rings. The molecule has 0 aromatic carbocycles. The van der Waals surface area contributed by atoms with Gasteiger partial charge in [-0.1, -0.05) is 13.8 Å². The predicted molar refractivity (Wildman–Crippen MR) is 55.5 cm³/mol. The van der Waals surface area contributed by atoms with Crippen LogP contribution in [0.4, 0.5) is 4.39 Å². The Bertz CT molecular complexity index is 271. The molecule has 0 radical (unpaired) electrons. The highest BCUT2D eigenvalue weighted by Gasteiger charge is 2.17. The predicted octanol–water partition coefficient (Wildman–Crippen LogP) is 2.45. The normalized spacial score (nSPS) is 15.1. The Morgan fingerprint density at radius 3 is 2.50 bits per heavy atom. The van der Waals surface area contributed by atoms with E-state index in [1.54, 1.807) is 6.07 Å². The Morgan fingerprint density at radius 2 is 2.07 bits per heavy atom. The lowest BCUT2D eigenvalue weighted by atomic mass is 9.92. The second-order valence-electron chi connectivity index (χ2n) is 3.49. The van der Waals surface area contributed by atoms with Crippen LogP contribution in [0.3, 0.4) is 0 Å². The van der Waals surface area contributed by atoms with E-state index in [1.165, 1.54) is 12.3 Å². The van der Waals surface area contributed by atoms with Crippen molar-refractivity contribution in [3.05, 3.63) is 29.8 Å². The Kier molecular flexibility index (Phi) is 4.01. The number of halogens is 1. The summed E-state index contributed by atoms with van der Waals surface area (Å²) in [7, 11) is 0. The van der Waals surface area contributed by atoms with E-state index in [-0.39, 0.29) is 17.8 Å². The lowest BCUT2D eigenvalue weighted by Crippen LogP contribution is -2.27. The minimum atomic E-state index is -0.298. The molecule has 0 saturated carbocycles. The molecule has 0 amide bonds. The Labute approximate surface area is 84.3 Å². The molecule has 0 aliphatic carbocycles. The number of nitrogens with two attached hydrogens (primary N) is 1. The lowest BCUT2D eigenvalue weighted by molar-refractivity contribution is 0.492. The molecule has 0 saturated heterocycles. The number of rotatable bonds is 4. The summed E-state index contributed by atoms with van der Waals surface area (Å²) in [5, 5.41) is 0. The molecule has 1 heterocycles. The quantitative estimate of drug-likeness (QED) is 0.803. The molecule has 2 nitrogen and oxygen atoms in total. The van der Waals surface area contributed by atoms with Crippen molar-refractivity contribution in [2.45, 2.75) is 38.6 Å². The molecule has 0 spiro atoms.